The highest BCUT2D eigenvalue weighted by atomic mass is 15.3. The number of aromatic nitrogens is 3. The van der Waals surface area contributed by atoms with Crippen LogP contribution in [0.4, 0.5) is 5.95 Å². The third-order valence-corrected chi connectivity index (χ3v) is 4.63. The molecule has 6 heteroatoms. The average molecular weight is 435 g/mol. The molecular formula is C26H38N6. The largest absolute Gasteiger partial charge is 0.354 e. The van der Waals surface area contributed by atoms with E-state index in [9.17, 15) is 0 Å². The highest BCUT2D eigenvalue weighted by molar-refractivity contribution is 5.79. The van der Waals surface area contributed by atoms with Gasteiger partial charge in [-0.25, -0.2) is 4.98 Å². The molecule has 0 radical (unpaired) electrons. The summed E-state index contributed by atoms with van der Waals surface area (Å²) >= 11 is 0. The Morgan fingerprint density at radius 1 is 0.906 bits per heavy atom. The molecule has 2 aliphatic rings. The minimum atomic E-state index is 0.759. The van der Waals surface area contributed by atoms with E-state index >= 15 is 0 Å². The van der Waals surface area contributed by atoms with Gasteiger partial charge in [0.1, 0.15) is 5.69 Å². The number of fused-ring (bicyclic) bond motifs is 2. The number of hydrogen-bond donors (Lipinski definition) is 1. The number of imidazole rings is 1. The fraction of sp³-hybridized carbons (Fsp3) is 0.462. The Balaban J connectivity index is 0.000000471. The lowest BCUT2D eigenvalue weighted by molar-refractivity contribution is 0.816. The lowest BCUT2D eigenvalue weighted by atomic mass is 10.1. The number of pyridine rings is 1. The first kappa shape index (κ1) is 25.2. The molecule has 0 aliphatic carbocycles. The van der Waals surface area contributed by atoms with Crippen molar-refractivity contribution in [3.8, 4) is 22.6 Å². The molecular weight excluding hydrogens is 396 g/mol. The third kappa shape index (κ3) is 5.61. The van der Waals surface area contributed by atoms with Crippen LogP contribution in [0.1, 0.15) is 53.7 Å². The molecule has 0 saturated carbocycles. The van der Waals surface area contributed by atoms with E-state index < -0.39 is 0 Å². The van der Waals surface area contributed by atoms with Crippen LogP contribution in [-0.4, -0.2) is 34.2 Å². The van der Waals surface area contributed by atoms with E-state index in [1.165, 1.54) is 6.42 Å². The number of aryl methyl sites for hydroxylation is 1. The van der Waals surface area contributed by atoms with Gasteiger partial charge in [-0.05, 0) is 31.2 Å². The van der Waals surface area contributed by atoms with Gasteiger partial charge in [0.25, 0.3) is 0 Å². The van der Waals surface area contributed by atoms with Crippen molar-refractivity contribution >= 4 is 5.95 Å². The summed E-state index contributed by atoms with van der Waals surface area (Å²) in [6, 6.07) is 12.4. The van der Waals surface area contributed by atoms with Crippen LogP contribution >= 0.6 is 0 Å². The van der Waals surface area contributed by atoms with Gasteiger partial charge < -0.3 is 9.88 Å². The van der Waals surface area contributed by atoms with Crippen molar-refractivity contribution in [3.63, 3.8) is 0 Å². The van der Waals surface area contributed by atoms with Crippen LogP contribution in [0.5, 0.6) is 0 Å². The van der Waals surface area contributed by atoms with E-state index in [2.05, 4.69) is 56.9 Å². The zero-order valence-electron chi connectivity index (χ0n) is 20.7. The summed E-state index contributed by atoms with van der Waals surface area (Å²) in [7, 11) is 0. The van der Waals surface area contributed by atoms with Crippen molar-refractivity contribution < 1.29 is 0 Å². The summed E-state index contributed by atoms with van der Waals surface area (Å²) in [6.45, 7) is 17.6. The minimum absolute atomic E-state index is 0.759. The number of hydrogen-bond acceptors (Lipinski definition) is 5. The Morgan fingerprint density at radius 3 is 2.28 bits per heavy atom. The number of rotatable bonds is 2. The Morgan fingerprint density at radius 2 is 1.59 bits per heavy atom. The second-order valence-electron chi connectivity index (χ2n) is 7.05. The lowest BCUT2D eigenvalue weighted by Crippen LogP contribution is -2.29. The molecule has 0 saturated heterocycles. The fourth-order valence-corrected chi connectivity index (χ4v) is 3.50. The Kier molecular flexibility index (Phi) is 10.1. The summed E-state index contributed by atoms with van der Waals surface area (Å²) in [6.07, 6.45) is 1.25. The van der Waals surface area contributed by atoms with Gasteiger partial charge in [-0.15, -0.1) is 0 Å². The van der Waals surface area contributed by atoms with Gasteiger partial charge in [0.05, 0.1) is 35.2 Å². The zero-order chi connectivity index (χ0) is 23.5. The van der Waals surface area contributed by atoms with Crippen LogP contribution in [0.3, 0.4) is 0 Å². The normalized spacial score (nSPS) is 12.6. The maximum Gasteiger partial charge on any atom is 0.204 e. The smallest absolute Gasteiger partial charge is 0.204 e. The Bertz CT molecular complexity index is 1110. The summed E-state index contributed by atoms with van der Waals surface area (Å²) in [5, 5.41) is 5.30. The number of nitrogens with one attached hydrogen (secondary N) is 1. The molecule has 0 unspecified atom stereocenters. The van der Waals surface area contributed by atoms with Crippen molar-refractivity contribution in [1.82, 2.24) is 14.5 Å². The van der Waals surface area contributed by atoms with Gasteiger partial charge in [-0.2, -0.15) is 0 Å². The standard InChI is InChI=1S/C19H18N6.C3H8.2C2H6/c1-12-3-2-4-15(23-12)17-18(25-10-9-22-19(25)24-17)13-5-6-14-16(11-13)21-8-7-20-14;1-3-2;2*1-2/h2-6,11H,7-10H2,1H3,(H,22,24);3H2,1-2H3;2*1-2H3. The van der Waals surface area contributed by atoms with E-state index in [0.717, 1.165) is 71.2 Å². The molecule has 6 nitrogen and oxygen atoms in total. The average Bonchev–Trinajstić information content (AvgIpc) is 3.43. The molecule has 0 atom stereocenters. The molecule has 0 fully saturated rings. The highest BCUT2D eigenvalue weighted by Crippen LogP contribution is 2.34. The van der Waals surface area contributed by atoms with Gasteiger partial charge in [0, 0.05) is 24.3 Å². The van der Waals surface area contributed by atoms with Crippen LogP contribution in [0.2, 0.25) is 0 Å². The SMILES string of the molecule is CC.CC.CCC.Cc1cccc(-c2nc3n(c2-c2ccc4c(c2)=NCCN=4)CCN3)n1. The third-order valence-electron chi connectivity index (χ3n) is 4.63. The maximum absolute atomic E-state index is 4.83. The monoisotopic (exact) mass is 434 g/mol. The molecule has 32 heavy (non-hydrogen) atoms. The summed E-state index contributed by atoms with van der Waals surface area (Å²) in [5.74, 6) is 0.910. The lowest BCUT2D eigenvalue weighted by Gasteiger charge is -2.09. The van der Waals surface area contributed by atoms with Crippen LogP contribution in [0.25, 0.3) is 22.6 Å². The van der Waals surface area contributed by atoms with Gasteiger partial charge in [-0.3, -0.25) is 15.0 Å². The number of anilines is 1. The van der Waals surface area contributed by atoms with Crippen molar-refractivity contribution in [2.75, 3.05) is 25.0 Å². The molecule has 2 aromatic heterocycles. The second kappa shape index (κ2) is 12.7. The summed E-state index contributed by atoms with van der Waals surface area (Å²) < 4.78 is 2.24. The van der Waals surface area contributed by atoms with E-state index in [1.807, 2.05) is 52.8 Å². The van der Waals surface area contributed by atoms with E-state index in [4.69, 9.17) is 4.98 Å². The van der Waals surface area contributed by atoms with Gasteiger partial charge in [0.15, 0.2) is 0 Å². The molecule has 5 rings (SSSR count). The number of nitrogens with zero attached hydrogens (tertiary/aromatic N) is 5. The van der Waals surface area contributed by atoms with Gasteiger partial charge in [-0.1, -0.05) is 60.1 Å². The zero-order valence-corrected chi connectivity index (χ0v) is 20.7. The van der Waals surface area contributed by atoms with Crippen molar-refractivity contribution in [2.24, 2.45) is 9.98 Å². The van der Waals surface area contributed by atoms with Crippen LogP contribution < -0.4 is 16.0 Å². The maximum atomic E-state index is 4.83. The van der Waals surface area contributed by atoms with Crippen molar-refractivity contribution in [3.05, 3.63) is 52.8 Å². The quantitative estimate of drug-likeness (QED) is 0.612. The topological polar surface area (TPSA) is 67.5 Å². The first-order valence-electron chi connectivity index (χ1n) is 12.0. The molecule has 0 bridgehead atoms. The first-order chi connectivity index (χ1) is 15.7. The predicted molar refractivity (Wildman–Crippen MR) is 135 cm³/mol. The molecule has 2 aliphatic heterocycles. The first-order valence-corrected chi connectivity index (χ1v) is 12.0. The Labute approximate surface area is 192 Å². The van der Waals surface area contributed by atoms with Crippen molar-refractivity contribution in [1.29, 1.82) is 0 Å². The summed E-state index contributed by atoms with van der Waals surface area (Å²) in [5.41, 5.74) is 5.02. The van der Waals surface area contributed by atoms with E-state index in [0.29, 0.717) is 0 Å². The van der Waals surface area contributed by atoms with E-state index in [-0.39, 0.29) is 0 Å². The fourth-order valence-electron chi connectivity index (χ4n) is 3.50. The molecule has 1 N–H and O–H groups in total. The van der Waals surface area contributed by atoms with Gasteiger partial charge in [0.2, 0.25) is 5.95 Å². The van der Waals surface area contributed by atoms with Gasteiger partial charge >= 0.3 is 0 Å². The van der Waals surface area contributed by atoms with Crippen LogP contribution in [0.15, 0.2) is 46.4 Å². The second-order valence-corrected chi connectivity index (χ2v) is 7.05. The number of benzene rings is 1. The Hall–Kier alpha value is -3.02. The molecule has 1 aromatic carbocycles. The van der Waals surface area contributed by atoms with E-state index in [1.54, 1.807) is 0 Å². The predicted octanol–water partition coefficient (Wildman–Crippen LogP) is 5.07. The van der Waals surface area contributed by atoms with Crippen molar-refractivity contribution in [2.45, 2.75) is 61.4 Å². The summed E-state index contributed by atoms with van der Waals surface area (Å²) in [4.78, 5) is 18.7. The minimum Gasteiger partial charge on any atom is -0.354 e. The molecule has 4 heterocycles. The molecule has 0 amide bonds. The van der Waals surface area contributed by atoms with Crippen LogP contribution in [-0.2, 0) is 6.54 Å². The molecule has 3 aromatic rings. The highest BCUT2D eigenvalue weighted by Gasteiger charge is 2.24. The van der Waals surface area contributed by atoms with Crippen LogP contribution in [0, 0.1) is 6.92 Å². The molecule has 0 spiro atoms. The molecule has 172 valence electrons.